The third-order valence-corrected chi connectivity index (χ3v) is 3.75. The molecule has 2 rings (SSSR count). The SMILES string of the molecule is CC(=O)Nc1ccc(C(=O)CN2CCCC(C(=O)O)C2)cc1. The molecule has 2 N–H and O–H groups in total. The van der Waals surface area contributed by atoms with Gasteiger partial charge in [-0.05, 0) is 43.7 Å². The fraction of sp³-hybridized carbons (Fsp3) is 0.438. The second-order valence-corrected chi connectivity index (χ2v) is 5.59. The van der Waals surface area contributed by atoms with Gasteiger partial charge in [0.05, 0.1) is 12.5 Å². The summed E-state index contributed by atoms with van der Waals surface area (Å²) in [6.45, 7) is 2.82. The van der Waals surface area contributed by atoms with Crippen LogP contribution in [0.5, 0.6) is 0 Å². The lowest BCUT2D eigenvalue weighted by atomic mass is 9.97. The minimum atomic E-state index is -0.795. The number of piperidine rings is 1. The van der Waals surface area contributed by atoms with Crippen LogP contribution in [0.2, 0.25) is 0 Å². The van der Waals surface area contributed by atoms with Gasteiger partial charge in [0.1, 0.15) is 0 Å². The number of hydrogen-bond acceptors (Lipinski definition) is 4. The second-order valence-electron chi connectivity index (χ2n) is 5.59. The van der Waals surface area contributed by atoms with Gasteiger partial charge in [-0.2, -0.15) is 0 Å². The quantitative estimate of drug-likeness (QED) is 0.807. The minimum Gasteiger partial charge on any atom is -0.481 e. The van der Waals surface area contributed by atoms with Crippen molar-refractivity contribution in [2.24, 2.45) is 5.92 Å². The van der Waals surface area contributed by atoms with Crippen molar-refractivity contribution < 1.29 is 19.5 Å². The standard InChI is InChI=1S/C16H20N2O4/c1-11(19)17-14-6-4-12(5-7-14)15(20)10-18-8-2-3-13(9-18)16(21)22/h4-7,13H,2-3,8-10H2,1H3,(H,17,19)(H,21,22). The predicted molar refractivity (Wildman–Crippen MR) is 81.9 cm³/mol. The molecule has 1 aliphatic rings. The first-order chi connectivity index (χ1) is 10.5. The molecule has 0 saturated carbocycles. The summed E-state index contributed by atoms with van der Waals surface area (Å²) in [5, 5.41) is 11.7. The van der Waals surface area contributed by atoms with Crippen LogP contribution in [0.15, 0.2) is 24.3 Å². The lowest BCUT2D eigenvalue weighted by Crippen LogP contribution is -2.41. The number of rotatable bonds is 5. The first-order valence-corrected chi connectivity index (χ1v) is 7.31. The van der Waals surface area contributed by atoms with E-state index in [1.165, 1.54) is 6.92 Å². The number of benzene rings is 1. The van der Waals surface area contributed by atoms with Gasteiger partial charge < -0.3 is 10.4 Å². The summed E-state index contributed by atoms with van der Waals surface area (Å²) in [5.41, 5.74) is 1.21. The summed E-state index contributed by atoms with van der Waals surface area (Å²) in [7, 11) is 0. The van der Waals surface area contributed by atoms with Crippen molar-refractivity contribution in [2.75, 3.05) is 25.0 Å². The van der Waals surface area contributed by atoms with E-state index in [4.69, 9.17) is 5.11 Å². The van der Waals surface area contributed by atoms with Crippen LogP contribution in [0.25, 0.3) is 0 Å². The molecule has 1 saturated heterocycles. The molecule has 1 unspecified atom stereocenters. The molecule has 0 aromatic heterocycles. The molecule has 1 aromatic carbocycles. The summed E-state index contributed by atoms with van der Waals surface area (Å²) < 4.78 is 0. The Morgan fingerprint density at radius 3 is 2.55 bits per heavy atom. The van der Waals surface area contributed by atoms with E-state index in [1.54, 1.807) is 24.3 Å². The number of carbonyl (C=O) groups excluding carboxylic acids is 2. The van der Waals surface area contributed by atoms with E-state index < -0.39 is 5.97 Å². The molecule has 1 aromatic rings. The Morgan fingerprint density at radius 1 is 1.27 bits per heavy atom. The number of carboxylic acids is 1. The first kappa shape index (κ1) is 16.2. The highest BCUT2D eigenvalue weighted by atomic mass is 16.4. The largest absolute Gasteiger partial charge is 0.481 e. The normalized spacial score (nSPS) is 18.7. The van der Waals surface area contributed by atoms with E-state index in [1.807, 2.05) is 4.90 Å². The number of ketones is 1. The van der Waals surface area contributed by atoms with Crippen LogP contribution in [0.3, 0.4) is 0 Å². The Kier molecular flexibility index (Phi) is 5.27. The average Bonchev–Trinajstić information content (AvgIpc) is 2.47. The number of likely N-dealkylation sites (tertiary alicyclic amines) is 1. The zero-order valence-corrected chi connectivity index (χ0v) is 12.5. The van der Waals surface area contributed by atoms with E-state index in [9.17, 15) is 14.4 Å². The molecular weight excluding hydrogens is 284 g/mol. The Morgan fingerprint density at radius 2 is 1.95 bits per heavy atom. The number of hydrogen-bond donors (Lipinski definition) is 2. The van der Waals surface area contributed by atoms with Gasteiger partial charge in [-0.15, -0.1) is 0 Å². The summed E-state index contributed by atoms with van der Waals surface area (Å²) in [5.74, 6) is -1.38. The Balaban J connectivity index is 1.94. The summed E-state index contributed by atoms with van der Waals surface area (Å²) in [4.78, 5) is 36.1. The summed E-state index contributed by atoms with van der Waals surface area (Å²) in [6, 6.07) is 6.72. The maximum absolute atomic E-state index is 12.2. The van der Waals surface area contributed by atoms with Crippen LogP contribution in [0, 0.1) is 5.92 Å². The third kappa shape index (κ3) is 4.39. The third-order valence-electron chi connectivity index (χ3n) is 3.75. The topological polar surface area (TPSA) is 86.7 Å². The molecule has 1 heterocycles. The van der Waals surface area contributed by atoms with E-state index in [0.29, 0.717) is 24.2 Å². The van der Waals surface area contributed by atoms with E-state index in [0.717, 1.165) is 13.0 Å². The van der Waals surface area contributed by atoms with E-state index >= 15 is 0 Å². The molecule has 1 atom stereocenters. The Bertz CT molecular complexity index is 568. The number of anilines is 1. The zero-order valence-electron chi connectivity index (χ0n) is 12.5. The van der Waals surface area contributed by atoms with Gasteiger partial charge >= 0.3 is 5.97 Å². The molecule has 6 heteroatoms. The molecule has 1 amide bonds. The highest BCUT2D eigenvalue weighted by Gasteiger charge is 2.26. The van der Waals surface area contributed by atoms with Gasteiger partial charge in [0.2, 0.25) is 5.91 Å². The van der Waals surface area contributed by atoms with Gasteiger partial charge in [-0.3, -0.25) is 19.3 Å². The van der Waals surface area contributed by atoms with Gasteiger partial charge in [-0.1, -0.05) is 0 Å². The lowest BCUT2D eigenvalue weighted by molar-refractivity contribution is -0.143. The van der Waals surface area contributed by atoms with Crippen molar-refractivity contribution in [3.05, 3.63) is 29.8 Å². The number of carbonyl (C=O) groups is 3. The number of nitrogens with one attached hydrogen (secondary N) is 1. The maximum Gasteiger partial charge on any atom is 0.307 e. The first-order valence-electron chi connectivity index (χ1n) is 7.31. The molecule has 0 aliphatic carbocycles. The summed E-state index contributed by atoms with van der Waals surface area (Å²) >= 11 is 0. The zero-order chi connectivity index (χ0) is 16.1. The minimum absolute atomic E-state index is 0.0413. The van der Waals surface area contributed by atoms with Crippen LogP contribution in [0.1, 0.15) is 30.1 Å². The summed E-state index contributed by atoms with van der Waals surface area (Å²) in [6.07, 6.45) is 1.47. The highest BCUT2D eigenvalue weighted by molar-refractivity contribution is 5.98. The van der Waals surface area contributed by atoms with Gasteiger partial charge in [0.15, 0.2) is 5.78 Å². The molecular formula is C16H20N2O4. The fourth-order valence-electron chi connectivity index (χ4n) is 2.64. The molecule has 0 bridgehead atoms. The Labute approximate surface area is 129 Å². The maximum atomic E-state index is 12.2. The Hall–Kier alpha value is -2.21. The van der Waals surface area contributed by atoms with Crippen molar-refractivity contribution in [2.45, 2.75) is 19.8 Å². The van der Waals surface area contributed by atoms with Crippen molar-refractivity contribution in [3.8, 4) is 0 Å². The van der Waals surface area contributed by atoms with E-state index in [2.05, 4.69) is 5.32 Å². The average molecular weight is 304 g/mol. The van der Waals surface area contributed by atoms with Gasteiger partial charge in [0, 0.05) is 24.7 Å². The number of Topliss-reactive ketones (excluding diaryl/α,β-unsaturated/α-hetero) is 1. The second kappa shape index (κ2) is 7.17. The molecule has 0 spiro atoms. The van der Waals surface area contributed by atoms with Crippen molar-refractivity contribution in [1.82, 2.24) is 4.90 Å². The van der Waals surface area contributed by atoms with Crippen LogP contribution < -0.4 is 5.32 Å². The molecule has 6 nitrogen and oxygen atoms in total. The molecule has 22 heavy (non-hydrogen) atoms. The van der Waals surface area contributed by atoms with Crippen LogP contribution in [-0.4, -0.2) is 47.3 Å². The van der Waals surface area contributed by atoms with E-state index in [-0.39, 0.29) is 24.2 Å². The molecule has 118 valence electrons. The molecule has 1 aliphatic heterocycles. The molecule has 0 radical (unpaired) electrons. The van der Waals surface area contributed by atoms with Crippen molar-refractivity contribution in [1.29, 1.82) is 0 Å². The highest BCUT2D eigenvalue weighted by Crippen LogP contribution is 2.17. The number of amides is 1. The number of aliphatic carboxylic acids is 1. The van der Waals surface area contributed by atoms with Crippen LogP contribution in [0.4, 0.5) is 5.69 Å². The number of carboxylic acid groups (broad SMARTS) is 1. The lowest BCUT2D eigenvalue weighted by Gasteiger charge is -2.29. The van der Waals surface area contributed by atoms with Gasteiger partial charge in [0.25, 0.3) is 0 Å². The monoisotopic (exact) mass is 304 g/mol. The smallest absolute Gasteiger partial charge is 0.307 e. The van der Waals surface area contributed by atoms with Gasteiger partial charge in [-0.25, -0.2) is 0 Å². The fourth-order valence-corrected chi connectivity index (χ4v) is 2.64. The predicted octanol–water partition coefficient (Wildman–Crippen LogP) is 1.62. The number of nitrogens with zero attached hydrogens (tertiary/aromatic N) is 1. The molecule has 1 fully saturated rings. The van der Waals surface area contributed by atoms with Crippen LogP contribution in [-0.2, 0) is 9.59 Å². The van der Waals surface area contributed by atoms with Crippen molar-refractivity contribution in [3.63, 3.8) is 0 Å². The van der Waals surface area contributed by atoms with Crippen LogP contribution >= 0.6 is 0 Å². The van der Waals surface area contributed by atoms with Crippen molar-refractivity contribution >= 4 is 23.3 Å².